The number of carbonyl (C=O) groups is 1. The molecule has 1 N–H and O–H groups in total. The van der Waals surface area contributed by atoms with Crippen molar-refractivity contribution in [3.8, 4) is 11.4 Å². The lowest BCUT2D eigenvalue weighted by Crippen LogP contribution is -2.42. The molecular weight excluding hydrogens is 318 g/mol. The van der Waals surface area contributed by atoms with Gasteiger partial charge in [0.15, 0.2) is 0 Å². The Bertz CT molecular complexity index is 747. The third-order valence-corrected chi connectivity index (χ3v) is 3.82. The number of likely N-dealkylation sites (tertiary alicyclic amines) is 1. The minimum Gasteiger partial charge on any atom is -0.337 e. The van der Waals surface area contributed by atoms with Crippen molar-refractivity contribution in [2.45, 2.75) is 38.8 Å². The van der Waals surface area contributed by atoms with Gasteiger partial charge in [-0.2, -0.15) is 4.98 Å². The highest BCUT2D eigenvalue weighted by atomic mass is 19.1. The van der Waals surface area contributed by atoms with Crippen LogP contribution in [0.15, 0.2) is 22.7 Å². The molecule has 0 saturated carbocycles. The monoisotopic (exact) mass is 336 g/mol. The number of hydrogen-bond donors (Lipinski definition) is 1. The van der Waals surface area contributed by atoms with Gasteiger partial charge in [0.1, 0.15) is 17.7 Å². The zero-order valence-electron chi connectivity index (χ0n) is 13.4. The van der Waals surface area contributed by atoms with E-state index in [-0.39, 0.29) is 35.4 Å². The number of amides is 2. The summed E-state index contributed by atoms with van der Waals surface area (Å²) in [6.07, 6.45) is 1.51. The van der Waals surface area contributed by atoms with Gasteiger partial charge in [-0.1, -0.05) is 5.16 Å². The second-order valence-electron chi connectivity index (χ2n) is 6.04. The molecule has 0 bridgehead atoms. The smallest absolute Gasteiger partial charge is 0.318 e. The molecule has 2 aromatic rings. The van der Waals surface area contributed by atoms with E-state index in [1.165, 1.54) is 6.07 Å². The van der Waals surface area contributed by atoms with Crippen LogP contribution in [-0.2, 0) is 0 Å². The summed E-state index contributed by atoms with van der Waals surface area (Å²) in [4.78, 5) is 18.1. The summed E-state index contributed by atoms with van der Waals surface area (Å²) in [6.45, 7) is 4.35. The number of carbonyl (C=O) groups excluding carboxylic acids is 1. The molecule has 8 heteroatoms. The maximum atomic E-state index is 13.8. The number of urea groups is 1. The van der Waals surface area contributed by atoms with Crippen molar-refractivity contribution in [2.24, 2.45) is 0 Å². The molecule has 128 valence electrons. The van der Waals surface area contributed by atoms with Crippen LogP contribution in [0, 0.1) is 11.6 Å². The summed E-state index contributed by atoms with van der Waals surface area (Å²) in [5.74, 6) is -1.14. The largest absolute Gasteiger partial charge is 0.337 e. The Balaban J connectivity index is 1.83. The van der Waals surface area contributed by atoms with Gasteiger partial charge >= 0.3 is 6.03 Å². The van der Waals surface area contributed by atoms with E-state index in [0.29, 0.717) is 13.0 Å². The van der Waals surface area contributed by atoms with E-state index in [4.69, 9.17) is 4.52 Å². The zero-order valence-corrected chi connectivity index (χ0v) is 13.4. The van der Waals surface area contributed by atoms with E-state index in [1.54, 1.807) is 4.90 Å². The SMILES string of the molecule is CC(C)NC(=O)N1CCC[C@@H]1c1nc(-c2ccc(F)cc2F)no1. The molecule has 0 spiro atoms. The van der Waals surface area contributed by atoms with Crippen molar-refractivity contribution >= 4 is 6.03 Å². The van der Waals surface area contributed by atoms with Crippen LogP contribution in [0.25, 0.3) is 11.4 Å². The van der Waals surface area contributed by atoms with Gasteiger partial charge in [-0.05, 0) is 38.8 Å². The fourth-order valence-electron chi connectivity index (χ4n) is 2.75. The first-order valence-electron chi connectivity index (χ1n) is 7.82. The molecule has 0 aliphatic carbocycles. The van der Waals surface area contributed by atoms with Gasteiger partial charge in [-0.3, -0.25) is 0 Å². The molecule has 0 radical (unpaired) electrons. The van der Waals surface area contributed by atoms with Crippen LogP contribution in [0.5, 0.6) is 0 Å². The average molecular weight is 336 g/mol. The lowest BCUT2D eigenvalue weighted by atomic mass is 10.2. The van der Waals surface area contributed by atoms with E-state index < -0.39 is 11.6 Å². The quantitative estimate of drug-likeness (QED) is 0.934. The Morgan fingerprint density at radius 1 is 1.42 bits per heavy atom. The van der Waals surface area contributed by atoms with E-state index in [2.05, 4.69) is 15.5 Å². The van der Waals surface area contributed by atoms with Crippen LogP contribution in [-0.4, -0.2) is 33.7 Å². The maximum absolute atomic E-state index is 13.8. The zero-order chi connectivity index (χ0) is 17.3. The second kappa shape index (κ2) is 6.54. The lowest BCUT2D eigenvalue weighted by molar-refractivity contribution is 0.178. The minimum atomic E-state index is -0.761. The van der Waals surface area contributed by atoms with Gasteiger partial charge in [-0.15, -0.1) is 0 Å². The molecule has 2 amide bonds. The van der Waals surface area contributed by atoms with Crippen molar-refractivity contribution in [1.82, 2.24) is 20.4 Å². The number of aromatic nitrogens is 2. The first kappa shape index (κ1) is 16.4. The molecule has 1 atom stereocenters. The number of rotatable bonds is 3. The van der Waals surface area contributed by atoms with Crippen LogP contribution in [0.3, 0.4) is 0 Å². The summed E-state index contributed by atoms with van der Waals surface area (Å²) in [5.41, 5.74) is 0.0579. The fourth-order valence-corrected chi connectivity index (χ4v) is 2.75. The fraction of sp³-hybridized carbons (Fsp3) is 0.438. The molecule has 1 aromatic heterocycles. The molecule has 1 fully saturated rings. The van der Waals surface area contributed by atoms with Gasteiger partial charge in [0.25, 0.3) is 0 Å². The van der Waals surface area contributed by atoms with Crippen LogP contribution in [0.2, 0.25) is 0 Å². The number of nitrogens with zero attached hydrogens (tertiary/aromatic N) is 3. The molecular formula is C16H18F2N4O2. The van der Waals surface area contributed by atoms with Crippen molar-refractivity contribution in [2.75, 3.05) is 6.54 Å². The summed E-state index contributed by atoms with van der Waals surface area (Å²) < 4.78 is 32.1. The molecule has 3 rings (SSSR count). The number of nitrogens with one attached hydrogen (secondary N) is 1. The Morgan fingerprint density at radius 2 is 2.21 bits per heavy atom. The summed E-state index contributed by atoms with van der Waals surface area (Å²) in [6, 6.07) is 2.64. The third-order valence-electron chi connectivity index (χ3n) is 3.82. The van der Waals surface area contributed by atoms with Gasteiger partial charge in [0, 0.05) is 18.7 Å². The van der Waals surface area contributed by atoms with Crippen LogP contribution in [0.1, 0.15) is 38.6 Å². The summed E-state index contributed by atoms with van der Waals surface area (Å²) >= 11 is 0. The molecule has 24 heavy (non-hydrogen) atoms. The first-order chi connectivity index (χ1) is 11.5. The second-order valence-corrected chi connectivity index (χ2v) is 6.04. The van der Waals surface area contributed by atoms with E-state index in [9.17, 15) is 13.6 Å². The predicted molar refractivity (Wildman–Crippen MR) is 82.0 cm³/mol. The molecule has 1 aliphatic rings. The number of benzene rings is 1. The van der Waals surface area contributed by atoms with Crippen LogP contribution in [0.4, 0.5) is 13.6 Å². The first-order valence-corrected chi connectivity index (χ1v) is 7.82. The van der Waals surface area contributed by atoms with Crippen molar-refractivity contribution in [3.63, 3.8) is 0 Å². The lowest BCUT2D eigenvalue weighted by Gasteiger charge is -2.23. The minimum absolute atomic E-state index is 0.0188. The van der Waals surface area contributed by atoms with Crippen LogP contribution < -0.4 is 5.32 Å². The topological polar surface area (TPSA) is 71.3 Å². The highest BCUT2D eigenvalue weighted by Gasteiger charge is 2.34. The Kier molecular flexibility index (Phi) is 4.46. The Labute approximate surface area is 137 Å². The number of hydrogen-bond acceptors (Lipinski definition) is 4. The van der Waals surface area contributed by atoms with Gasteiger partial charge in [-0.25, -0.2) is 13.6 Å². The molecule has 1 aliphatic heterocycles. The highest BCUT2D eigenvalue weighted by molar-refractivity contribution is 5.75. The molecule has 1 aromatic carbocycles. The van der Waals surface area contributed by atoms with E-state index in [0.717, 1.165) is 18.6 Å². The number of halogens is 2. The molecule has 1 saturated heterocycles. The van der Waals surface area contributed by atoms with Crippen molar-refractivity contribution in [3.05, 3.63) is 35.7 Å². The standard InChI is InChI=1S/C16H18F2N4O2/c1-9(2)19-16(23)22-7-3-4-13(22)15-20-14(21-24-15)11-6-5-10(17)8-12(11)18/h5-6,8-9,13H,3-4,7H2,1-2H3,(H,19,23)/t13-/m1/s1. The van der Waals surface area contributed by atoms with Crippen molar-refractivity contribution < 1.29 is 18.1 Å². The third kappa shape index (κ3) is 3.22. The van der Waals surface area contributed by atoms with Gasteiger partial charge < -0.3 is 14.7 Å². The van der Waals surface area contributed by atoms with Crippen LogP contribution >= 0.6 is 0 Å². The molecule has 6 nitrogen and oxygen atoms in total. The molecule has 2 heterocycles. The Morgan fingerprint density at radius 3 is 2.92 bits per heavy atom. The van der Waals surface area contributed by atoms with Gasteiger partial charge in [0.2, 0.25) is 11.7 Å². The Hall–Kier alpha value is -2.51. The maximum Gasteiger partial charge on any atom is 0.318 e. The van der Waals surface area contributed by atoms with E-state index >= 15 is 0 Å². The molecule has 0 unspecified atom stereocenters. The average Bonchev–Trinajstić information content (AvgIpc) is 3.15. The highest BCUT2D eigenvalue weighted by Crippen LogP contribution is 2.32. The van der Waals surface area contributed by atoms with Crippen molar-refractivity contribution in [1.29, 1.82) is 0 Å². The summed E-state index contributed by atoms with van der Waals surface area (Å²) in [7, 11) is 0. The predicted octanol–water partition coefficient (Wildman–Crippen LogP) is 3.27. The van der Waals surface area contributed by atoms with Gasteiger partial charge in [0.05, 0.1) is 5.56 Å². The normalized spacial score (nSPS) is 17.5. The van der Waals surface area contributed by atoms with E-state index in [1.807, 2.05) is 13.8 Å². The summed E-state index contributed by atoms with van der Waals surface area (Å²) in [5, 5.41) is 6.60.